The summed E-state index contributed by atoms with van der Waals surface area (Å²) in [5, 5.41) is 8.48. The molecule has 3 aromatic rings. The zero-order chi connectivity index (χ0) is 15.5. The van der Waals surface area contributed by atoms with Gasteiger partial charge in [0.2, 0.25) is 0 Å². The third-order valence-electron chi connectivity index (χ3n) is 3.48. The minimum atomic E-state index is 0.313. The first kappa shape index (κ1) is 14.6. The van der Waals surface area contributed by atoms with E-state index in [0.717, 1.165) is 28.4 Å². The van der Waals surface area contributed by atoms with Crippen LogP contribution in [0.1, 0.15) is 11.3 Å². The molecular weight excluding hydrogens is 298 g/mol. The van der Waals surface area contributed by atoms with Gasteiger partial charge in [-0.3, -0.25) is 0 Å². The molecule has 0 fully saturated rings. The highest BCUT2D eigenvalue weighted by Gasteiger charge is 2.15. The maximum Gasteiger partial charge on any atom is 0.118 e. The molecule has 0 unspecified atom stereocenters. The molecule has 0 aliphatic carbocycles. The number of aromatic nitrogens is 3. The largest absolute Gasteiger partial charge is 0.497 e. The molecule has 0 aliphatic rings. The second-order valence-electron chi connectivity index (χ2n) is 5.00. The van der Waals surface area contributed by atoms with Gasteiger partial charge in [-0.2, -0.15) is 0 Å². The summed E-state index contributed by atoms with van der Waals surface area (Å²) in [5.41, 5.74) is 4.80. The van der Waals surface area contributed by atoms with Crippen LogP contribution in [-0.4, -0.2) is 22.1 Å². The van der Waals surface area contributed by atoms with Crippen molar-refractivity contribution in [1.29, 1.82) is 0 Å². The number of alkyl halides is 1. The molecule has 0 radical (unpaired) electrons. The molecule has 0 saturated heterocycles. The van der Waals surface area contributed by atoms with Crippen LogP contribution in [0.3, 0.4) is 0 Å². The summed E-state index contributed by atoms with van der Waals surface area (Å²) in [7, 11) is 1.65. The molecule has 1 heterocycles. The number of hydrogen-bond donors (Lipinski definition) is 0. The van der Waals surface area contributed by atoms with Crippen LogP contribution in [0.5, 0.6) is 5.75 Å². The van der Waals surface area contributed by atoms with E-state index in [4.69, 9.17) is 16.3 Å². The average Bonchev–Trinajstić information content (AvgIpc) is 2.99. The maximum absolute atomic E-state index is 6.03. The lowest BCUT2D eigenvalue weighted by Gasteiger charge is -2.09. The van der Waals surface area contributed by atoms with Gasteiger partial charge in [0.1, 0.15) is 11.4 Å². The summed E-state index contributed by atoms with van der Waals surface area (Å²) in [6.07, 6.45) is 0. The van der Waals surface area contributed by atoms with Crippen LogP contribution >= 0.6 is 11.6 Å². The van der Waals surface area contributed by atoms with E-state index >= 15 is 0 Å². The summed E-state index contributed by atoms with van der Waals surface area (Å²) in [4.78, 5) is 0. The van der Waals surface area contributed by atoms with Gasteiger partial charge >= 0.3 is 0 Å². The summed E-state index contributed by atoms with van der Waals surface area (Å²) in [6, 6.07) is 15.9. The van der Waals surface area contributed by atoms with Crippen molar-refractivity contribution >= 4 is 11.6 Å². The van der Waals surface area contributed by atoms with Crippen molar-refractivity contribution in [1.82, 2.24) is 15.0 Å². The van der Waals surface area contributed by atoms with Gasteiger partial charge in [0.25, 0.3) is 0 Å². The predicted octanol–water partition coefficient (Wildman–Crippen LogP) is 3.99. The molecule has 4 nitrogen and oxygen atoms in total. The Kier molecular flexibility index (Phi) is 4.11. The number of hydrogen-bond acceptors (Lipinski definition) is 3. The number of ether oxygens (including phenoxy) is 1. The van der Waals surface area contributed by atoms with Gasteiger partial charge < -0.3 is 4.74 Å². The number of methoxy groups -OCH3 is 1. The molecule has 0 amide bonds. The summed E-state index contributed by atoms with van der Waals surface area (Å²) >= 11 is 6.03. The second kappa shape index (κ2) is 6.20. The van der Waals surface area contributed by atoms with Gasteiger partial charge in [-0.05, 0) is 48.9 Å². The number of halogens is 1. The zero-order valence-corrected chi connectivity index (χ0v) is 13.2. The van der Waals surface area contributed by atoms with Gasteiger partial charge in [0, 0.05) is 5.56 Å². The topological polar surface area (TPSA) is 39.9 Å². The summed E-state index contributed by atoms with van der Waals surface area (Å²) in [5.74, 6) is 1.12. The van der Waals surface area contributed by atoms with E-state index in [1.54, 1.807) is 7.11 Å². The summed E-state index contributed by atoms with van der Waals surface area (Å²) < 4.78 is 7.04. The Hall–Kier alpha value is -2.33. The van der Waals surface area contributed by atoms with E-state index in [1.165, 1.54) is 5.56 Å². The standard InChI is InChI=1S/C17H16ClN3O/c1-12-4-3-5-14(10-12)21-17(16(11-18)19-20-21)13-6-8-15(22-2)9-7-13/h3-10H,11H2,1-2H3. The molecule has 22 heavy (non-hydrogen) atoms. The molecule has 112 valence electrons. The lowest BCUT2D eigenvalue weighted by atomic mass is 10.1. The highest BCUT2D eigenvalue weighted by Crippen LogP contribution is 2.28. The third-order valence-corrected chi connectivity index (χ3v) is 3.73. The highest BCUT2D eigenvalue weighted by molar-refractivity contribution is 6.17. The molecule has 5 heteroatoms. The Morgan fingerprint density at radius 3 is 2.55 bits per heavy atom. The molecule has 0 N–H and O–H groups in total. The minimum Gasteiger partial charge on any atom is -0.497 e. The van der Waals surface area contributed by atoms with Crippen molar-refractivity contribution in [3.63, 3.8) is 0 Å². The minimum absolute atomic E-state index is 0.313. The predicted molar refractivity (Wildman–Crippen MR) is 87.6 cm³/mol. The number of nitrogens with zero attached hydrogens (tertiary/aromatic N) is 3. The second-order valence-corrected chi connectivity index (χ2v) is 5.26. The maximum atomic E-state index is 6.03. The third kappa shape index (κ3) is 2.70. The monoisotopic (exact) mass is 313 g/mol. The van der Waals surface area contributed by atoms with E-state index in [2.05, 4.69) is 29.4 Å². The Morgan fingerprint density at radius 1 is 1.14 bits per heavy atom. The van der Waals surface area contributed by atoms with Crippen molar-refractivity contribution in [3.8, 4) is 22.7 Å². The van der Waals surface area contributed by atoms with E-state index in [-0.39, 0.29) is 0 Å². The normalized spacial score (nSPS) is 10.7. The number of benzene rings is 2. The first-order chi connectivity index (χ1) is 10.7. The van der Waals surface area contributed by atoms with Crippen molar-refractivity contribution < 1.29 is 4.74 Å². The van der Waals surface area contributed by atoms with E-state index in [1.807, 2.05) is 41.1 Å². The lowest BCUT2D eigenvalue weighted by Crippen LogP contribution is -2.00. The fourth-order valence-electron chi connectivity index (χ4n) is 2.38. The molecule has 3 rings (SSSR count). The van der Waals surface area contributed by atoms with Crippen LogP contribution in [0, 0.1) is 6.92 Å². The van der Waals surface area contributed by atoms with Gasteiger partial charge in [0.15, 0.2) is 0 Å². The van der Waals surface area contributed by atoms with Crippen molar-refractivity contribution in [2.24, 2.45) is 0 Å². The van der Waals surface area contributed by atoms with Crippen LogP contribution in [0.15, 0.2) is 48.5 Å². The van der Waals surface area contributed by atoms with Crippen molar-refractivity contribution in [3.05, 3.63) is 59.8 Å². The SMILES string of the molecule is COc1ccc(-c2c(CCl)nnn2-c2cccc(C)c2)cc1. The Bertz CT molecular complexity index is 781. The van der Waals surface area contributed by atoms with Crippen LogP contribution in [0.25, 0.3) is 16.9 Å². The molecule has 0 aliphatic heterocycles. The fraction of sp³-hybridized carbons (Fsp3) is 0.176. The molecular formula is C17H16ClN3O. The van der Waals surface area contributed by atoms with Gasteiger partial charge in [-0.15, -0.1) is 16.7 Å². The van der Waals surface area contributed by atoms with E-state index in [9.17, 15) is 0 Å². The van der Waals surface area contributed by atoms with Gasteiger partial charge in [-0.25, -0.2) is 4.68 Å². The Balaban J connectivity index is 2.14. The molecule has 0 bridgehead atoms. The Labute approximate surface area is 134 Å². The summed E-state index contributed by atoms with van der Waals surface area (Å²) in [6.45, 7) is 2.05. The fourth-order valence-corrected chi connectivity index (χ4v) is 2.56. The molecule has 2 aromatic carbocycles. The quantitative estimate of drug-likeness (QED) is 0.684. The van der Waals surface area contributed by atoms with Crippen molar-refractivity contribution in [2.75, 3.05) is 7.11 Å². The van der Waals surface area contributed by atoms with E-state index < -0.39 is 0 Å². The van der Waals surface area contributed by atoms with Crippen LogP contribution < -0.4 is 4.74 Å². The van der Waals surface area contributed by atoms with Gasteiger partial charge in [0.05, 0.1) is 24.4 Å². The molecule has 0 atom stereocenters. The lowest BCUT2D eigenvalue weighted by molar-refractivity contribution is 0.415. The smallest absolute Gasteiger partial charge is 0.118 e. The van der Waals surface area contributed by atoms with Crippen LogP contribution in [0.2, 0.25) is 0 Å². The number of aryl methyl sites for hydroxylation is 1. The highest BCUT2D eigenvalue weighted by atomic mass is 35.5. The van der Waals surface area contributed by atoms with Crippen LogP contribution in [-0.2, 0) is 5.88 Å². The van der Waals surface area contributed by atoms with Crippen LogP contribution in [0.4, 0.5) is 0 Å². The number of rotatable bonds is 4. The first-order valence-corrected chi connectivity index (χ1v) is 7.48. The van der Waals surface area contributed by atoms with Gasteiger partial charge in [-0.1, -0.05) is 17.3 Å². The van der Waals surface area contributed by atoms with E-state index in [0.29, 0.717) is 5.88 Å². The Morgan fingerprint density at radius 2 is 1.91 bits per heavy atom. The zero-order valence-electron chi connectivity index (χ0n) is 12.5. The molecule has 0 spiro atoms. The molecule has 0 saturated carbocycles. The van der Waals surface area contributed by atoms with Crippen molar-refractivity contribution in [2.45, 2.75) is 12.8 Å². The average molecular weight is 314 g/mol. The first-order valence-electron chi connectivity index (χ1n) is 6.95. The molecule has 1 aromatic heterocycles.